The number of carbonyl (C=O) groups excluding carboxylic acids is 2. The van der Waals surface area contributed by atoms with Crippen LogP contribution in [0.1, 0.15) is 271 Å². The molecule has 2 N–H and O–H groups in total. The lowest BCUT2D eigenvalue weighted by Gasteiger charge is -2.27. The summed E-state index contributed by atoms with van der Waals surface area (Å²) in [6, 6.07) is -0.868. The van der Waals surface area contributed by atoms with E-state index in [1.165, 1.54) is 135 Å². The zero-order valence-electron chi connectivity index (χ0n) is 50.2. The summed E-state index contributed by atoms with van der Waals surface area (Å²) in [7, 11) is 1.47. The Labute approximate surface area is 469 Å². The van der Waals surface area contributed by atoms with Crippen LogP contribution in [0.25, 0.3) is 0 Å². The molecule has 0 spiro atoms. The molecular weight excluding hydrogens is 964 g/mol. The maximum absolute atomic E-state index is 13.6. The molecule has 10 heteroatoms. The summed E-state index contributed by atoms with van der Waals surface area (Å²) in [6.07, 6.45) is 72.9. The second-order valence-corrected chi connectivity index (χ2v) is 23.7. The summed E-state index contributed by atoms with van der Waals surface area (Å²) < 4.78 is 30.7. The summed E-state index contributed by atoms with van der Waals surface area (Å²) in [5.74, 6) is -0.546. The number of nitrogens with one attached hydrogen (secondary N) is 1. The van der Waals surface area contributed by atoms with Gasteiger partial charge in [-0.2, -0.15) is 0 Å². The quantitative estimate of drug-likeness (QED) is 0.0205. The highest BCUT2D eigenvalue weighted by molar-refractivity contribution is 7.47. The highest BCUT2D eigenvalue weighted by Crippen LogP contribution is 2.43. The number of nitrogens with zero attached hydrogens (tertiary/aromatic N) is 1. The second kappa shape index (κ2) is 55.5. The molecule has 1 amide bonds. The average Bonchev–Trinajstić information content (AvgIpc) is 3.38. The molecule has 0 bridgehead atoms. The molecule has 76 heavy (non-hydrogen) atoms. The number of quaternary nitrogens is 1. The molecule has 0 aromatic carbocycles. The summed E-state index contributed by atoms with van der Waals surface area (Å²) in [6.45, 7) is 6.94. The van der Waals surface area contributed by atoms with Crippen molar-refractivity contribution in [2.75, 3.05) is 40.9 Å². The number of unbranched alkanes of at least 4 members (excludes halogenated alkanes) is 28. The largest absolute Gasteiger partial charge is 0.472 e. The molecule has 0 saturated heterocycles. The number of phosphoric acid groups is 1. The SMILES string of the molecule is CCCCC/C=C\C/C=C\C/C=C\C/C=C\CCCCCC(=O)OC(/C=C/CCCCCCCCCCCC)C(COP(=O)(O)OCC[N+](C)(C)C)NC(=O)CCCCCCCCCCC/C=C\C/C=C\CCCCC. The van der Waals surface area contributed by atoms with Crippen LogP contribution in [0, 0.1) is 0 Å². The lowest BCUT2D eigenvalue weighted by molar-refractivity contribution is -0.870. The smallest absolute Gasteiger partial charge is 0.456 e. The summed E-state index contributed by atoms with van der Waals surface area (Å²) in [5.41, 5.74) is 0. The molecule has 9 nitrogen and oxygen atoms in total. The minimum atomic E-state index is -4.46. The zero-order valence-corrected chi connectivity index (χ0v) is 51.1. The molecule has 3 atom stereocenters. The van der Waals surface area contributed by atoms with E-state index in [0.717, 1.165) is 96.3 Å². The van der Waals surface area contributed by atoms with Crippen LogP contribution in [0.2, 0.25) is 0 Å². The number of carbonyl (C=O) groups is 2. The predicted molar refractivity (Wildman–Crippen MR) is 328 cm³/mol. The van der Waals surface area contributed by atoms with Gasteiger partial charge in [0.05, 0.1) is 33.8 Å². The summed E-state index contributed by atoms with van der Waals surface area (Å²) >= 11 is 0. The first-order chi connectivity index (χ1) is 36.9. The van der Waals surface area contributed by atoms with E-state index in [2.05, 4.69) is 99.0 Å². The van der Waals surface area contributed by atoms with Gasteiger partial charge in [-0.05, 0) is 109 Å². The Kier molecular flexibility index (Phi) is 53.5. The fourth-order valence-corrected chi connectivity index (χ4v) is 9.39. The van der Waals surface area contributed by atoms with Gasteiger partial charge in [-0.15, -0.1) is 0 Å². The molecule has 0 aromatic heterocycles. The maximum Gasteiger partial charge on any atom is 0.472 e. The van der Waals surface area contributed by atoms with Gasteiger partial charge >= 0.3 is 13.8 Å². The summed E-state index contributed by atoms with van der Waals surface area (Å²) in [4.78, 5) is 37.7. The Morgan fingerprint density at radius 3 is 1.24 bits per heavy atom. The highest BCUT2D eigenvalue weighted by atomic mass is 31.2. The van der Waals surface area contributed by atoms with Gasteiger partial charge in [0, 0.05) is 12.8 Å². The number of likely N-dealkylation sites (N-methyl/N-ethyl adjacent to an activating group) is 1. The Morgan fingerprint density at radius 1 is 0.461 bits per heavy atom. The molecule has 0 radical (unpaired) electrons. The van der Waals surface area contributed by atoms with Crippen molar-refractivity contribution in [2.24, 2.45) is 0 Å². The van der Waals surface area contributed by atoms with Crippen molar-refractivity contribution in [1.82, 2.24) is 5.32 Å². The molecule has 0 saturated carbocycles. The first-order valence-corrected chi connectivity index (χ1v) is 32.9. The molecule has 0 aliphatic carbocycles. The van der Waals surface area contributed by atoms with Gasteiger partial charge in [-0.25, -0.2) is 4.57 Å². The monoisotopic (exact) mass is 1080 g/mol. The molecule has 0 aliphatic rings. The van der Waals surface area contributed by atoms with E-state index in [1.807, 2.05) is 33.3 Å². The van der Waals surface area contributed by atoms with Crippen LogP contribution in [-0.2, 0) is 27.9 Å². The van der Waals surface area contributed by atoms with Gasteiger partial charge < -0.3 is 19.4 Å². The molecule has 440 valence electrons. The molecule has 0 heterocycles. The van der Waals surface area contributed by atoms with Crippen molar-refractivity contribution in [1.29, 1.82) is 0 Å². The number of phosphoric ester groups is 1. The lowest BCUT2D eigenvalue weighted by atomic mass is 10.0. The Hall–Kier alpha value is -2.81. The predicted octanol–water partition coefficient (Wildman–Crippen LogP) is 19.4. The van der Waals surface area contributed by atoms with Crippen LogP contribution < -0.4 is 5.32 Å². The van der Waals surface area contributed by atoms with Crippen LogP contribution in [0.15, 0.2) is 85.1 Å². The number of hydrogen-bond donors (Lipinski definition) is 2. The third kappa shape index (κ3) is 55.9. The number of esters is 1. The first kappa shape index (κ1) is 73.2. The van der Waals surface area contributed by atoms with Crippen molar-refractivity contribution < 1.29 is 37.3 Å². The minimum Gasteiger partial charge on any atom is -0.456 e. The minimum absolute atomic E-state index is 0.0308. The van der Waals surface area contributed by atoms with Gasteiger partial charge in [0.1, 0.15) is 19.3 Å². The van der Waals surface area contributed by atoms with Crippen LogP contribution in [0.4, 0.5) is 0 Å². The molecule has 0 aliphatic heterocycles. The van der Waals surface area contributed by atoms with Crippen molar-refractivity contribution in [3.8, 4) is 0 Å². The molecule has 0 rings (SSSR count). The number of amides is 1. The standard InChI is InChI=1S/C66H119N2O7P/c1-7-10-13-16-19-22-25-28-30-32-34-36-38-40-43-46-49-52-55-58-65(69)67-63(62-74-76(71,72)73-61-60-68(4,5)6)64(57-54-51-48-45-42-27-24-21-18-15-12-9-3)75-66(70)59-56-53-50-47-44-41-39-37-35-33-31-29-26-23-20-17-14-11-8-2/h19-20,22-23,28-31,35,37,41,44,54,57,63-64H,7-18,21,24-27,32-34,36,38-40,42-43,45-53,55-56,58-62H2,1-6H3,(H-,67,69,71,72)/p+1/b22-19-,23-20-,30-28-,31-29-,37-35-,44-41-,57-54+. The number of hydrogen-bond acceptors (Lipinski definition) is 6. The number of rotatable bonds is 56. The van der Waals surface area contributed by atoms with Crippen LogP contribution in [-0.4, -0.2) is 74.3 Å². The highest BCUT2D eigenvalue weighted by Gasteiger charge is 2.30. The van der Waals surface area contributed by atoms with E-state index < -0.39 is 20.0 Å². The summed E-state index contributed by atoms with van der Waals surface area (Å²) in [5, 5.41) is 3.05. The topological polar surface area (TPSA) is 111 Å². The van der Waals surface area contributed by atoms with E-state index in [1.54, 1.807) is 0 Å². The second-order valence-electron chi connectivity index (χ2n) is 22.2. The Balaban J connectivity index is 5.32. The molecule has 0 fully saturated rings. The van der Waals surface area contributed by atoms with Crippen molar-refractivity contribution in [3.63, 3.8) is 0 Å². The van der Waals surface area contributed by atoms with Gasteiger partial charge in [0.15, 0.2) is 0 Å². The van der Waals surface area contributed by atoms with E-state index >= 15 is 0 Å². The van der Waals surface area contributed by atoms with Crippen LogP contribution >= 0.6 is 7.82 Å². The third-order valence-electron chi connectivity index (χ3n) is 13.6. The van der Waals surface area contributed by atoms with Crippen molar-refractivity contribution >= 4 is 19.7 Å². The number of ether oxygens (including phenoxy) is 1. The van der Waals surface area contributed by atoms with E-state index in [0.29, 0.717) is 23.9 Å². The first-order valence-electron chi connectivity index (χ1n) is 31.4. The third-order valence-corrected chi connectivity index (χ3v) is 14.5. The fourth-order valence-electron chi connectivity index (χ4n) is 8.66. The van der Waals surface area contributed by atoms with Gasteiger partial charge in [0.25, 0.3) is 0 Å². The molecular formula is C66H120N2O7P+. The van der Waals surface area contributed by atoms with Crippen molar-refractivity contribution in [2.45, 2.75) is 283 Å². The normalized spacial score (nSPS) is 14.2. The van der Waals surface area contributed by atoms with Crippen LogP contribution in [0.3, 0.4) is 0 Å². The fraction of sp³-hybridized carbons (Fsp3) is 0.758. The van der Waals surface area contributed by atoms with E-state index in [-0.39, 0.29) is 31.5 Å². The zero-order chi connectivity index (χ0) is 55.7. The molecule has 0 aromatic rings. The Bertz CT molecular complexity index is 1580. The lowest BCUT2D eigenvalue weighted by Crippen LogP contribution is -2.47. The van der Waals surface area contributed by atoms with Gasteiger partial charge in [-0.3, -0.25) is 18.6 Å². The van der Waals surface area contributed by atoms with Gasteiger partial charge in [0.2, 0.25) is 5.91 Å². The molecule has 3 unspecified atom stereocenters. The van der Waals surface area contributed by atoms with E-state index in [9.17, 15) is 19.0 Å². The Morgan fingerprint density at radius 2 is 0.803 bits per heavy atom. The van der Waals surface area contributed by atoms with Gasteiger partial charge in [-0.1, -0.05) is 235 Å². The van der Waals surface area contributed by atoms with E-state index in [4.69, 9.17) is 13.8 Å². The van der Waals surface area contributed by atoms with Crippen LogP contribution in [0.5, 0.6) is 0 Å². The maximum atomic E-state index is 13.6. The number of allylic oxidation sites excluding steroid dienone is 13. The average molecular weight is 1080 g/mol. The van der Waals surface area contributed by atoms with Crippen molar-refractivity contribution in [3.05, 3.63) is 85.1 Å².